The maximum atomic E-state index is 12.6. The van der Waals surface area contributed by atoms with E-state index >= 15 is 0 Å². The highest BCUT2D eigenvalue weighted by Gasteiger charge is 2.11. The van der Waals surface area contributed by atoms with E-state index < -0.39 is 5.97 Å². The Morgan fingerprint density at radius 1 is 0.771 bits per heavy atom. The van der Waals surface area contributed by atoms with E-state index in [1.165, 1.54) is 0 Å². The number of amides is 1. The number of hydrogen-bond acceptors (Lipinski definition) is 5. The fourth-order valence-corrected chi connectivity index (χ4v) is 3.06. The lowest BCUT2D eigenvalue weighted by Gasteiger charge is -2.12. The second kappa shape index (κ2) is 13.2. The lowest BCUT2D eigenvalue weighted by Crippen LogP contribution is -2.12. The molecule has 6 nitrogen and oxygen atoms in total. The van der Waals surface area contributed by atoms with Gasteiger partial charge in [-0.3, -0.25) is 4.79 Å². The summed E-state index contributed by atoms with van der Waals surface area (Å²) in [6.45, 7) is 7.69. The maximum absolute atomic E-state index is 12.6. The van der Waals surface area contributed by atoms with Gasteiger partial charge in [-0.1, -0.05) is 33.6 Å². The highest BCUT2D eigenvalue weighted by Crippen LogP contribution is 2.20. The minimum absolute atomic E-state index is 0.255. The standard InChI is InChI=1S/C29H33NO5/c1-4-6-19-33-25-13-9-23(10-14-25)29(32)35-27-15-7-22(8-16-27)28(31)30-24-11-17-26(18-12-24)34-20-21(3)5-2/h7-18,21H,4-6,19-20H2,1-3H3,(H,30,31). The summed E-state index contributed by atoms with van der Waals surface area (Å²) in [5.74, 6) is 1.62. The van der Waals surface area contributed by atoms with E-state index in [1.807, 2.05) is 12.1 Å². The number of hydrogen-bond donors (Lipinski definition) is 1. The Bertz CT molecular complexity index is 1080. The second-order valence-corrected chi connectivity index (χ2v) is 8.44. The monoisotopic (exact) mass is 475 g/mol. The molecule has 0 aliphatic carbocycles. The zero-order valence-electron chi connectivity index (χ0n) is 20.6. The molecule has 0 aliphatic rings. The zero-order valence-corrected chi connectivity index (χ0v) is 20.6. The summed E-state index contributed by atoms with van der Waals surface area (Å²) < 4.78 is 16.8. The third-order valence-electron chi connectivity index (χ3n) is 5.53. The van der Waals surface area contributed by atoms with Gasteiger partial charge in [0.25, 0.3) is 5.91 Å². The molecule has 6 heteroatoms. The van der Waals surface area contributed by atoms with E-state index in [0.717, 1.165) is 30.8 Å². The van der Waals surface area contributed by atoms with Gasteiger partial charge in [0.05, 0.1) is 18.8 Å². The largest absolute Gasteiger partial charge is 0.494 e. The summed E-state index contributed by atoms with van der Waals surface area (Å²) in [6.07, 6.45) is 3.11. The van der Waals surface area contributed by atoms with Crippen LogP contribution in [0, 0.1) is 5.92 Å². The molecule has 0 heterocycles. The first kappa shape index (κ1) is 25.8. The first-order valence-electron chi connectivity index (χ1n) is 12.1. The summed E-state index contributed by atoms with van der Waals surface area (Å²) in [4.78, 5) is 25.0. The Balaban J connectivity index is 1.51. The molecule has 0 aliphatic heterocycles. The highest BCUT2D eigenvalue weighted by atomic mass is 16.5. The van der Waals surface area contributed by atoms with Gasteiger partial charge in [-0.15, -0.1) is 0 Å². The predicted octanol–water partition coefficient (Wildman–Crippen LogP) is 6.76. The van der Waals surface area contributed by atoms with Gasteiger partial charge in [-0.05, 0) is 85.1 Å². The first-order valence-corrected chi connectivity index (χ1v) is 12.1. The van der Waals surface area contributed by atoms with Gasteiger partial charge in [0.2, 0.25) is 0 Å². The van der Waals surface area contributed by atoms with Crippen molar-refractivity contribution in [2.24, 2.45) is 5.92 Å². The second-order valence-electron chi connectivity index (χ2n) is 8.44. The molecule has 35 heavy (non-hydrogen) atoms. The average molecular weight is 476 g/mol. The van der Waals surface area contributed by atoms with Crippen molar-refractivity contribution < 1.29 is 23.8 Å². The highest BCUT2D eigenvalue weighted by molar-refractivity contribution is 6.04. The van der Waals surface area contributed by atoms with Crippen LogP contribution in [0.5, 0.6) is 17.2 Å². The first-order chi connectivity index (χ1) is 17.0. The molecule has 3 aromatic rings. The number of esters is 1. The van der Waals surface area contributed by atoms with Crippen LogP contribution in [0.4, 0.5) is 5.69 Å². The number of ether oxygens (including phenoxy) is 3. The molecule has 3 aromatic carbocycles. The van der Waals surface area contributed by atoms with Gasteiger partial charge in [0.1, 0.15) is 17.2 Å². The predicted molar refractivity (Wildman–Crippen MR) is 138 cm³/mol. The molecule has 0 bridgehead atoms. The minimum atomic E-state index is -0.474. The number of carbonyl (C=O) groups is 2. The molecule has 1 amide bonds. The van der Waals surface area contributed by atoms with E-state index in [0.29, 0.717) is 41.7 Å². The fraction of sp³-hybridized carbons (Fsp3) is 0.310. The zero-order chi connectivity index (χ0) is 25.0. The Labute approximate surface area is 207 Å². The van der Waals surface area contributed by atoms with Gasteiger partial charge in [0.15, 0.2) is 0 Å². The number of carbonyl (C=O) groups excluding carboxylic acids is 2. The van der Waals surface area contributed by atoms with E-state index in [1.54, 1.807) is 60.7 Å². The Hall–Kier alpha value is -3.80. The van der Waals surface area contributed by atoms with Crippen LogP contribution < -0.4 is 19.5 Å². The Kier molecular flexibility index (Phi) is 9.72. The molecular formula is C29H33NO5. The quantitative estimate of drug-likeness (QED) is 0.178. The molecular weight excluding hydrogens is 442 g/mol. The van der Waals surface area contributed by atoms with Crippen molar-refractivity contribution in [3.05, 3.63) is 83.9 Å². The molecule has 1 N–H and O–H groups in total. The summed E-state index contributed by atoms with van der Waals surface area (Å²) in [6, 6.07) is 20.6. The average Bonchev–Trinajstić information content (AvgIpc) is 2.89. The van der Waals surface area contributed by atoms with Crippen LogP contribution in [0.1, 0.15) is 60.7 Å². The topological polar surface area (TPSA) is 73.9 Å². The lowest BCUT2D eigenvalue weighted by molar-refractivity contribution is 0.0734. The molecule has 0 saturated heterocycles. The van der Waals surface area contributed by atoms with Crippen LogP contribution in [0.3, 0.4) is 0 Å². The molecule has 0 aromatic heterocycles. The van der Waals surface area contributed by atoms with Crippen LogP contribution >= 0.6 is 0 Å². The van der Waals surface area contributed by atoms with Crippen molar-refractivity contribution in [3.63, 3.8) is 0 Å². The van der Waals surface area contributed by atoms with E-state index in [9.17, 15) is 9.59 Å². The number of nitrogens with one attached hydrogen (secondary N) is 1. The van der Waals surface area contributed by atoms with Crippen LogP contribution in [0.2, 0.25) is 0 Å². The van der Waals surface area contributed by atoms with Gasteiger partial charge in [0, 0.05) is 11.3 Å². The molecule has 1 unspecified atom stereocenters. The van der Waals surface area contributed by atoms with Gasteiger partial charge < -0.3 is 19.5 Å². The van der Waals surface area contributed by atoms with Crippen LogP contribution in [0.15, 0.2) is 72.8 Å². The minimum Gasteiger partial charge on any atom is -0.494 e. The SMILES string of the molecule is CCCCOc1ccc(C(=O)Oc2ccc(C(=O)Nc3ccc(OCC(C)CC)cc3)cc2)cc1. The summed E-state index contributed by atoms with van der Waals surface area (Å²) in [5, 5.41) is 2.86. The fourth-order valence-electron chi connectivity index (χ4n) is 3.06. The van der Waals surface area contributed by atoms with E-state index in [2.05, 4.69) is 26.1 Å². The lowest BCUT2D eigenvalue weighted by atomic mass is 10.1. The van der Waals surface area contributed by atoms with E-state index in [-0.39, 0.29) is 5.91 Å². The number of unbranched alkanes of at least 4 members (excludes halogenated alkanes) is 1. The smallest absolute Gasteiger partial charge is 0.343 e. The molecule has 1 atom stereocenters. The molecule has 0 radical (unpaired) electrons. The summed E-state index contributed by atoms with van der Waals surface area (Å²) in [7, 11) is 0. The van der Waals surface area contributed by atoms with Gasteiger partial charge in [-0.2, -0.15) is 0 Å². The van der Waals surface area contributed by atoms with Crippen molar-refractivity contribution >= 4 is 17.6 Å². The molecule has 0 fully saturated rings. The van der Waals surface area contributed by atoms with Crippen molar-refractivity contribution in [3.8, 4) is 17.2 Å². The summed E-state index contributed by atoms with van der Waals surface area (Å²) >= 11 is 0. The van der Waals surface area contributed by atoms with Crippen molar-refractivity contribution in [2.45, 2.75) is 40.0 Å². The molecule has 0 spiro atoms. The van der Waals surface area contributed by atoms with Gasteiger partial charge >= 0.3 is 5.97 Å². The Morgan fingerprint density at radius 3 is 1.97 bits per heavy atom. The maximum Gasteiger partial charge on any atom is 0.343 e. The molecule has 184 valence electrons. The Morgan fingerprint density at radius 2 is 1.34 bits per heavy atom. The number of benzene rings is 3. The summed E-state index contributed by atoms with van der Waals surface area (Å²) in [5.41, 5.74) is 1.55. The third kappa shape index (κ3) is 8.18. The van der Waals surface area contributed by atoms with Crippen molar-refractivity contribution in [2.75, 3.05) is 18.5 Å². The third-order valence-corrected chi connectivity index (χ3v) is 5.53. The normalized spacial score (nSPS) is 11.4. The molecule has 3 rings (SSSR count). The number of anilines is 1. The van der Waals surface area contributed by atoms with Crippen molar-refractivity contribution in [1.29, 1.82) is 0 Å². The van der Waals surface area contributed by atoms with E-state index in [4.69, 9.17) is 14.2 Å². The molecule has 0 saturated carbocycles. The van der Waals surface area contributed by atoms with Crippen molar-refractivity contribution in [1.82, 2.24) is 0 Å². The number of rotatable bonds is 12. The van der Waals surface area contributed by atoms with Gasteiger partial charge in [-0.25, -0.2) is 4.79 Å². The van der Waals surface area contributed by atoms with Crippen LogP contribution in [-0.4, -0.2) is 25.1 Å². The van der Waals surface area contributed by atoms with Crippen LogP contribution in [-0.2, 0) is 0 Å². The van der Waals surface area contributed by atoms with Crippen LogP contribution in [0.25, 0.3) is 0 Å².